The van der Waals surface area contributed by atoms with Crippen molar-refractivity contribution in [1.82, 2.24) is 4.90 Å². The topological polar surface area (TPSA) is 29.5 Å². The Labute approximate surface area is 117 Å². The Morgan fingerprint density at radius 3 is 2.89 bits per heavy atom. The zero-order valence-electron chi connectivity index (χ0n) is 11.0. The summed E-state index contributed by atoms with van der Waals surface area (Å²) in [5, 5.41) is 0. The first-order valence-electron chi connectivity index (χ1n) is 6.29. The minimum Gasteiger partial charge on any atom is -0.494 e. The van der Waals surface area contributed by atoms with Crippen molar-refractivity contribution < 1.29 is 13.9 Å². The van der Waals surface area contributed by atoms with Gasteiger partial charge in [-0.1, -0.05) is 6.92 Å². The van der Waals surface area contributed by atoms with Crippen molar-refractivity contribution >= 4 is 17.5 Å². The molecule has 2 rings (SSSR count). The second kappa shape index (κ2) is 5.78. The van der Waals surface area contributed by atoms with Crippen LogP contribution < -0.4 is 4.74 Å². The summed E-state index contributed by atoms with van der Waals surface area (Å²) in [5.74, 6) is 0.232. The van der Waals surface area contributed by atoms with Crippen LogP contribution in [0.5, 0.6) is 5.75 Å². The van der Waals surface area contributed by atoms with E-state index in [0.29, 0.717) is 23.9 Å². The molecule has 1 aromatic rings. The summed E-state index contributed by atoms with van der Waals surface area (Å²) >= 11 is 5.92. The van der Waals surface area contributed by atoms with Gasteiger partial charge in [-0.05, 0) is 30.5 Å². The van der Waals surface area contributed by atoms with Crippen molar-refractivity contribution in [3.05, 3.63) is 29.6 Å². The standard InChI is InChI=1S/C14H17ClFNO2/c1-9-5-6-17(12(9)8-15)14(18)10-3-4-13(19-2)11(16)7-10/h3-4,7,9,12H,5-6,8H2,1-2H3. The van der Waals surface area contributed by atoms with Gasteiger partial charge in [-0.3, -0.25) is 4.79 Å². The van der Waals surface area contributed by atoms with Crippen molar-refractivity contribution in [3.63, 3.8) is 0 Å². The molecule has 0 bridgehead atoms. The van der Waals surface area contributed by atoms with Crippen LogP contribution in [0, 0.1) is 11.7 Å². The summed E-state index contributed by atoms with van der Waals surface area (Å²) in [5.41, 5.74) is 0.336. The van der Waals surface area contributed by atoms with E-state index in [1.165, 1.54) is 19.2 Å². The molecule has 0 aliphatic carbocycles. The molecule has 0 spiro atoms. The zero-order chi connectivity index (χ0) is 14.0. The highest BCUT2D eigenvalue weighted by Crippen LogP contribution is 2.27. The van der Waals surface area contributed by atoms with Crippen LogP contribution in [-0.2, 0) is 0 Å². The highest BCUT2D eigenvalue weighted by Gasteiger charge is 2.34. The van der Waals surface area contributed by atoms with Gasteiger partial charge in [0.1, 0.15) is 0 Å². The van der Waals surface area contributed by atoms with Gasteiger partial charge < -0.3 is 9.64 Å². The fourth-order valence-corrected chi connectivity index (χ4v) is 2.93. The largest absolute Gasteiger partial charge is 0.494 e. The first kappa shape index (κ1) is 14.1. The molecule has 1 saturated heterocycles. The van der Waals surface area contributed by atoms with Gasteiger partial charge in [-0.2, -0.15) is 0 Å². The number of benzene rings is 1. The molecule has 0 aromatic heterocycles. The summed E-state index contributed by atoms with van der Waals surface area (Å²) in [4.78, 5) is 14.1. The molecule has 1 aliphatic rings. The molecule has 5 heteroatoms. The lowest BCUT2D eigenvalue weighted by Crippen LogP contribution is -2.38. The third kappa shape index (κ3) is 2.68. The first-order valence-corrected chi connectivity index (χ1v) is 6.82. The van der Waals surface area contributed by atoms with E-state index in [0.717, 1.165) is 6.42 Å². The quantitative estimate of drug-likeness (QED) is 0.799. The molecular weight excluding hydrogens is 269 g/mol. The predicted molar refractivity (Wildman–Crippen MR) is 72.3 cm³/mol. The number of carbonyl (C=O) groups excluding carboxylic acids is 1. The number of nitrogens with zero attached hydrogens (tertiary/aromatic N) is 1. The maximum Gasteiger partial charge on any atom is 0.254 e. The molecular formula is C14H17ClFNO2. The number of rotatable bonds is 3. The molecule has 0 N–H and O–H groups in total. The number of ether oxygens (including phenoxy) is 1. The Morgan fingerprint density at radius 2 is 2.32 bits per heavy atom. The molecule has 1 aliphatic heterocycles. The highest BCUT2D eigenvalue weighted by molar-refractivity contribution is 6.18. The molecule has 0 saturated carbocycles. The van der Waals surface area contributed by atoms with Gasteiger partial charge in [0.2, 0.25) is 0 Å². The van der Waals surface area contributed by atoms with Gasteiger partial charge in [0.15, 0.2) is 11.6 Å². The van der Waals surface area contributed by atoms with E-state index >= 15 is 0 Å². The van der Waals surface area contributed by atoms with Gasteiger partial charge in [-0.25, -0.2) is 4.39 Å². The summed E-state index contributed by atoms with van der Waals surface area (Å²) in [6.07, 6.45) is 0.932. The molecule has 19 heavy (non-hydrogen) atoms. The number of methoxy groups -OCH3 is 1. The number of hydrogen-bond donors (Lipinski definition) is 0. The van der Waals surface area contributed by atoms with E-state index in [9.17, 15) is 9.18 Å². The van der Waals surface area contributed by atoms with Crippen LogP contribution >= 0.6 is 11.6 Å². The lowest BCUT2D eigenvalue weighted by atomic mass is 10.0. The minimum atomic E-state index is -0.525. The summed E-state index contributed by atoms with van der Waals surface area (Å²) in [6, 6.07) is 4.30. The SMILES string of the molecule is COc1ccc(C(=O)N2CCC(C)C2CCl)cc1F. The lowest BCUT2D eigenvalue weighted by molar-refractivity contribution is 0.0736. The monoisotopic (exact) mass is 285 g/mol. The van der Waals surface area contributed by atoms with E-state index in [2.05, 4.69) is 6.92 Å². The maximum absolute atomic E-state index is 13.6. The van der Waals surface area contributed by atoms with Gasteiger partial charge in [0, 0.05) is 24.0 Å². The molecule has 2 atom stereocenters. The maximum atomic E-state index is 13.6. The molecule has 1 aromatic carbocycles. The third-order valence-electron chi connectivity index (χ3n) is 3.70. The normalized spacial score (nSPS) is 22.6. The second-order valence-electron chi connectivity index (χ2n) is 4.84. The number of alkyl halides is 1. The van der Waals surface area contributed by atoms with Crippen LogP contribution in [0.25, 0.3) is 0 Å². The second-order valence-corrected chi connectivity index (χ2v) is 5.14. The third-order valence-corrected chi connectivity index (χ3v) is 4.02. The smallest absolute Gasteiger partial charge is 0.254 e. The van der Waals surface area contributed by atoms with Crippen LogP contribution in [0.2, 0.25) is 0 Å². The van der Waals surface area contributed by atoms with E-state index in [-0.39, 0.29) is 17.7 Å². The summed E-state index contributed by atoms with van der Waals surface area (Å²) in [6.45, 7) is 2.75. The molecule has 104 valence electrons. The Hall–Kier alpha value is -1.29. The molecule has 1 amide bonds. The first-order chi connectivity index (χ1) is 9.08. The van der Waals surface area contributed by atoms with Crippen molar-refractivity contribution in [3.8, 4) is 5.75 Å². The van der Waals surface area contributed by atoms with Crippen molar-refractivity contribution in [2.75, 3.05) is 19.5 Å². The fraction of sp³-hybridized carbons (Fsp3) is 0.500. The molecule has 2 unspecified atom stereocenters. The van der Waals surface area contributed by atoms with Crippen molar-refractivity contribution in [2.24, 2.45) is 5.92 Å². The van der Waals surface area contributed by atoms with Crippen LogP contribution in [-0.4, -0.2) is 36.4 Å². The van der Waals surface area contributed by atoms with Crippen LogP contribution in [0.1, 0.15) is 23.7 Å². The van der Waals surface area contributed by atoms with Crippen molar-refractivity contribution in [2.45, 2.75) is 19.4 Å². The van der Waals surface area contributed by atoms with Gasteiger partial charge in [-0.15, -0.1) is 11.6 Å². The average molecular weight is 286 g/mol. The zero-order valence-corrected chi connectivity index (χ0v) is 11.8. The highest BCUT2D eigenvalue weighted by atomic mass is 35.5. The van der Waals surface area contributed by atoms with Crippen molar-refractivity contribution in [1.29, 1.82) is 0 Å². The molecule has 1 fully saturated rings. The minimum absolute atomic E-state index is 0.0272. The van der Waals surface area contributed by atoms with Gasteiger partial charge in [0.05, 0.1) is 7.11 Å². The van der Waals surface area contributed by atoms with E-state index < -0.39 is 5.82 Å². The number of halogens is 2. The predicted octanol–water partition coefficient (Wildman–Crippen LogP) is 2.92. The van der Waals surface area contributed by atoms with E-state index in [4.69, 9.17) is 16.3 Å². The summed E-state index contributed by atoms with van der Waals surface area (Å²) < 4.78 is 18.5. The van der Waals surface area contributed by atoms with E-state index in [1.807, 2.05) is 0 Å². The lowest BCUT2D eigenvalue weighted by Gasteiger charge is -2.25. The van der Waals surface area contributed by atoms with E-state index in [1.54, 1.807) is 11.0 Å². The number of hydrogen-bond acceptors (Lipinski definition) is 2. The molecule has 3 nitrogen and oxygen atoms in total. The Kier molecular flexibility index (Phi) is 4.30. The van der Waals surface area contributed by atoms with Crippen LogP contribution in [0.4, 0.5) is 4.39 Å². The Bertz CT molecular complexity index is 481. The average Bonchev–Trinajstić information content (AvgIpc) is 2.78. The fourth-order valence-electron chi connectivity index (χ4n) is 2.46. The number of carbonyl (C=O) groups is 1. The Morgan fingerprint density at radius 1 is 1.58 bits per heavy atom. The van der Waals surface area contributed by atoms with Gasteiger partial charge >= 0.3 is 0 Å². The van der Waals surface area contributed by atoms with Gasteiger partial charge in [0.25, 0.3) is 5.91 Å². The van der Waals surface area contributed by atoms with Crippen LogP contribution in [0.3, 0.4) is 0 Å². The number of amides is 1. The number of likely N-dealkylation sites (tertiary alicyclic amines) is 1. The summed E-state index contributed by atoms with van der Waals surface area (Å²) in [7, 11) is 1.39. The van der Waals surface area contributed by atoms with Crippen LogP contribution in [0.15, 0.2) is 18.2 Å². The molecule has 0 radical (unpaired) electrons. The molecule has 1 heterocycles. The Balaban J connectivity index is 2.22.